The molecule has 0 bridgehead atoms. The highest BCUT2D eigenvalue weighted by Crippen LogP contribution is 2.23. The lowest BCUT2D eigenvalue weighted by molar-refractivity contribution is 0.0764. The minimum Gasteiger partial charge on any atom is -0.337 e. The molecule has 2 aromatic carbocycles. The Morgan fingerprint density at radius 3 is 2.57 bits per heavy atom. The standard InChI is InChI=1S/C20H20ClN3O3S/c1-15-7-8-16(14-22)13-19(15)28(26,27)24-10-4-9-23(11-12-24)20(25)17-5-2-3-6-18(17)21/h2-3,5-8,13H,4,9-12H2,1H3. The van der Waals surface area contributed by atoms with Crippen molar-refractivity contribution in [2.75, 3.05) is 26.2 Å². The summed E-state index contributed by atoms with van der Waals surface area (Å²) < 4.78 is 27.6. The van der Waals surface area contributed by atoms with Crippen molar-refractivity contribution in [2.45, 2.75) is 18.2 Å². The number of halogens is 1. The summed E-state index contributed by atoms with van der Waals surface area (Å²) >= 11 is 6.13. The Morgan fingerprint density at radius 1 is 1.11 bits per heavy atom. The Hall–Kier alpha value is -2.40. The van der Waals surface area contributed by atoms with Crippen molar-refractivity contribution in [3.63, 3.8) is 0 Å². The quantitative estimate of drug-likeness (QED) is 0.768. The molecule has 0 saturated carbocycles. The molecule has 1 aliphatic rings. The second-order valence-electron chi connectivity index (χ2n) is 6.62. The zero-order valence-electron chi connectivity index (χ0n) is 15.4. The SMILES string of the molecule is Cc1ccc(C#N)cc1S(=O)(=O)N1CCCN(C(=O)c2ccccc2Cl)CC1. The van der Waals surface area contributed by atoms with Gasteiger partial charge in [0.1, 0.15) is 0 Å². The highest BCUT2D eigenvalue weighted by Gasteiger charge is 2.30. The Bertz CT molecular complexity index is 1050. The normalized spacial score (nSPS) is 15.7. The van der Waals surface area contributed by atoms with E-state index in [1.54, 1.807) is 48.2 Å². The fourth-order valence-electron chi connectivity index (χ4n) is 3.23. The summed E-state index contributed by atoms with van der Waals surface area (Å²) in [5.41, 5.74) is 1.31. The van der Waals surface area contributed by atoms with Crippen LogP contribution in [-0.4, -0.2) is 49.7 Å². The van der Waals surface area contributed by atoms with Crippen molar-refractivity contribution in [3.05, 3.63) is 64.2 Å². The summed E-state index contributed by atoms with van der Waals surface area (Å²) in [6.45, 7) is 2.94. The maximum Gasteiger partial charge on any atom is 0.255 e. The first-order valence-electron chi connectivity index (χ1n) is 8.89. The van der Waals surface area contributed by atoms with Gasteiger partial charge in [-0.2, -0.15) is 9.57 Å². The monoisotopic (exact) mass is 417 g/mol. The second-order valence-corrected chi connectivity index (χ2v) is 8.94. The van der Waals surface area contributed by atoms with Gasteiger partial charge in [0, 0.05) is 26.2 Å². The van der Waals surface area contributed by atoms with E-state index < -0.39 is 10.0 Å². The van der Waals surface area contributed by atoms with Crippen LogP contribution in [0.2, 0.25) is 5.02 Å². The molecule has 0 aliphatic carbocycles. The molecule has 28 heavy (non-hydrogen) atoms. The molecular weight excluding hydrogens is 398 g/mol. The summed E-state index contributed by atoms with van der Waals surface area (Å²) in [5.74, 6) is -0.201. The Balaban J connectivity index is 1.81. The molecule has 1 amide bonds. The predicted octanol–water partition coefficient (Wildman–Crippen LogP) is 3.06. The lowest BCUT2D eigenvalue weighted by Gasteiger charge is -2.23. The van der Waals surface area contributed by atoms with Gasteiger partial charge in [0.15, 0.2) is 0 Å². The summed E-state index contributed by atoms with van der Waals surface area (Å²) in [6, 6.07) is 13.5. The van der Waals surface area contributed by atoms with Crippen molar-refractivity contribution >= 4 is 27.5 Å². The van der Waals surface area contributed by atoms with E-state index in [2.05, 4.69) is 0 Å². The van der Waals surface area contributed by atoms with E-state index in [9.17, 15) is 13.2 Å². The van der Waals surface area contributed by atoms with Gasteiger partial charge in [-0.25, -0.2) is 8.42 Å². The van der Waals surface area contributed by atoms with Crippen LogP contribution in [0.25, 0.3) is 0 Å². The third-order valence-electron chi connectivity index (χ3n) is 4.78. The molecule has 0 radical (unpaired) electrons. The number of hydrogen-bond donors (Lipinski definition) is 0. The van der Waals surface area contributed by atoms with Crippen LogP contribution in [0.15, 0.2) is 47.4 Å². The van der Waals surface area contributed by atoms with E-state index in [1.807, 2.05) is 6.07 Å². The van der Waals surface area contributed by atoms with Gasteiger partial charge in [0.25, 0.3) is 5.91 Å². The van der Waals surface area contributed by atoms with Gasteiger partial charge in [0.2, 0.25) is 10.0 Å². The number of carbonyl (C=O) groups is 1. The first-order chi connectivity index (χ1) is 13.3. The van der Waals surface area contributed by atoms with Gasteiger partial charge in [0.05, 0.1) is 27.1 Å². The fourth-order valence-corrected chi connectivity index (χ4v) is 5.17. The van der Waals surface area contributed by atoms with E-state index in [0.29, 0.717) is 41.2 Å². The van der Waals surface area contributed by atoms with Crippen molar-refractivity contribution < 1.29 is 13.2 Å². The van der Waals surface area contributed by atoms with Crippen molar-refractivity contribution in [1.29, 1.82) is 5.26 Å². The van der Waals surface area contributed by atoms with Crippen LogP contribution < -0.4 is 0 Å². The van der Waals surface area contributed by atoms with Gasteiger partial charge in [-0.1, -0.05) is 29.8 Å². The van der Waals surface area contributed by atoms with Crippen LogP contribution in [0, 0.1) is 18.3 Å². The Morgan fingerprint density at radius 2 is 1.86 bits per heavy atom. The molecule has 0 atom stereocenters. The zero-order chi connectivity index (χ0) is 20.3. The van der Waals surface area contributed by atoms with Gasteiger partial charge < -0.3 is 4.90 Å². The van der Waals surface area contributed by atoms with Crippen LogP contribution in [0.3, 0.4) is 0 Å². The molecule has 3 rings (SSSR count). The number of nitrogens with zero attached hydrogens (tertiary/aromatic N) is 3. The summed E-state index contributed by atoms with van der Waals surface area (Å²) in [5, 5.41) is 9.47. The zero-order valence-corrected chi connectivity index (χ0v) is 17.0. The smallest absolute Gasteiger partial charge is 0.255 e. The van der Waals surface area contributed by atoms with Gasteiger partial charge in [-0.3, -0.25) is 4.79 Å². The highest BCUT2D eigenvalue weighted by molar-refractivity contribution is 7.89. The molecule has 1 saturated heterocycles. The van der Waals surface area contributed by atoms with Crippen LogP contribution >= 0.6 is 11.6 Å². The second kappa shape index (κ2) is 8.31. The molecule has 1 heterocycles. The molecule has 1 aliphatic heterocycles. The largest absolute Gasteiger partial charge is 0.337 e. The van der Waals surface area contributed by atoms with Crippen molar-refractivity contribution in [1.82, 2.24) is 9.21 Å². The molecule has 0 unspecified atom stereocenters. The van der Waals surface area contributed by atoms with Gasteiger partial charge in [-0.15, -0.1) is 0 Å². The number of sulfonamides is 1. The first kappa shape index (κ1) is 20.3. The third-order valence-corrected chi connectivity index (χ3v) is 7.15. The topological polar surface area (TPSA) is 81.5 Å². The average Bonchev–Trinajstić information content (AvgIpc) is 2.95. The lowest BCUT2D eigenvalue weighted by atomic mass is 10.2. The number of benzene rings is 2. The van der Waals surface area contributed by atoms with Crippen LogP contribution in [0.4, 0.5) is 0 Å². The number of aryl methyl sites for hydroxylation is 1. The van der Waals surface area contributed by atoms with E-state index in [1.165, 1.54) is 10.4 Å². The van der Waals surface area contributed by atoms with E-state index >= 15 is 0 Å². The molecule has 0 N–H and O–H groups in total. The summed E-state index contributed by atoms with van der Waals surface area (Å²) in [6.07, 6.45) is 0.520. The molecule has 0 spiro atoms. The number of rotatable bonds is 3. The molecule has 6 nitrogen and oxygen atoms in total. The molecular formula is C20H20ClN3O3S. The van der Waals surface area contributed by atoms with Crippen LogP contribution in [0.5, 0.6) is 0 Å². The van der Waals surface area contributed by atoms with Crippen molar-refractivity contribution in [3.8, 4) is 6.07 Å². The van der Waals surface area contributed by atoms with Crippen molar-refractivity contribution in [2.24, 2.45) is 0 Å². The van der Waals surface area contributed by atoms with E-state index in [4.69, 9.17) is 16.9 Å². The number of amides is 1. The van der Waals surface area contributed by atoms with Gasteiger partial charge in [-0.05, 0) is 43.2 Å². The molecule has 0 aromatic heterocycles. The molecule has 8 heteroatoms. The maximum atomic E-state index is 13.1. The van der Waals surface area contributed by atoms with Crippen LogP contribution in [0.1, 0.15) is 27.9 Å². The minimum absolute atomic E-state index is 0.137. The third kappa shape index (κ3) is 4.04. The first-order valence-corrected chi connectivity index (χ1v) is 10.7. The minimum atomic E-state index is -3.75. The van der Waals surface area contributed by atoms with Gasteiger partial charge >= 0.3 is 0 Å². The highest BCUT2D eigenvalue weighted by atomic mass is 35.5. The number of hydrogen-bond acceptors (Lipinski definition) is 4. The molecule has 1 fully saturated rings. The lowest BCUT2D eigenvalue weighted by Crippen LogP contribution is -2.37. The predicted molar refractivity (Wildman–Crippen MR) is 107 cm³/mol. The number of nitriles is 1. The fraction of sp³-hybridized carbons (Fsp3) is 0.300. The summed E-state index contributed by atoms with van der Waals surface area (Å²) in [7, 11) is -3.75. The van der Waals surface area contributed by atoms with E-state index in [-0.39, 0.29) is 23.9 Å². The Kier molecular flexibility index (Phi) is 6.04. The van der Waals surface area contributed by atoms with E-state index in [0.717, 1.165) is 0 Å². The molecule has 146 valence electrons. The van der Waals surface area contributed by atoms with Crippen LogP contribution in [-0.2, 0) is 10.0 Å². The average molecular weight is 418 g/mol. The Labute approximate surface area is 170 Å². The maximum absolute atomic E-state index is 13.1. The summed E-state index contributed by atoms with van der Waals surface area (Å²) in [4.78, 5) is 14.5. The number of carbonyl (C=O) groups excluding carboxylic acids is 1. The molecule has 2 aromatic rings.